The molecule has 0 aliphatic carbocycles. The highest BCUT2D eigenvalue weighted by molar-refractivity contribution is 7.90. The third kappa shape index (κ3) is 2.48. The van der Waals surface area contributed by atoms with Crippen molar-refractivity contribution in [3.63, 3.8) is 0 Å². The minimum atomic E-state index is -3.22. The van der Waals surface area contributed by atoms with Gasteiger partial charge in [0.15, 0.2) is 9.84 Å². The SMILES string of the molecule is CS(=O)(=O)c1ccc(-n2cncc2CCl)nc1. The molecule has 0 radical (unpaired) electrons. The number of alkyl halides is 1. The van der Waals surface area contributed by atoms with Gasteiger partial charge in [0.1, 0.15) is 12.1 Å². The number of aromatic nitrogens is 3. The highest BCUT2D eigenvalue weighted by Crippen LogP contribution is 2.13. The number of hydrogen-bond donors (Lipinski definition) is 0. The smallest absolute Gasteiger partial charge is 0.177 e. The molecule has 0 atom stereocenters. The second-order valence-electron chi connectivity index (χ2n) is 3.51. The lowest BCUT2D eigenvalue weighted by molar-refractivity contribution is 0.601. The van der Waals surface area contributed by atoms with E-state index < -0.39 is 9.84 Å². The van der Waals surface area contributed by atoms with Crippen molar-refractivity contribution in [2.75, 3.05) is 6.26 Å². The van der Waals surface area contributed by atoms with Crippen molar-refractivity contribution in [1.82, 2.24) is 14.5 Å². The van der Waals surface area contributed by atoms with E-state index in [0.717, 1.165) is 11.9 Å². The Balaban J connectivity index is 2.43. The predicted octanol–water partition coefficient (Wildman–Crippen LogP) is 1.41. The number of halogens is 1. The van der Waals surface area contributed by atoms with Crippen LogP contribution in [0.25, 0.3) is 5.82 Å². The topological polar surface area (TPSA) is 64.8 Å². The van der Waals surface area contributed by atoms with Gasteiger partial charge in [-0.2, -0.15) is 0 Å². The molecule has 0 amide bonds. The van der Waals surface area contributed by atoms with Crippen LogP contribution < -0.4 is 0 Å². The van der Waals surface area contributed by atoms with E-state index in [0.29, 0.717) is 11.7 Å². The molecule has 0 spiro atoms. The molecule has 2 aromatic heterocycles. The van der Waals surface area contributed by atoms with Gasteiger partial charge in [0.05, 0.1) is 16.5 Å². The summed E-state index contributed by atoms with van der Waals surface area (Å²) in [7, 11) is -3.22. The van der Waals surface area contributed by atoms with E-state index >= 15 is 0 Å². The molecule has 0 bridgehead atoms. The molecule has 90 valence electrons. The average molecular weight is 272 g/mol. The fraction of sp³-hybridized carbons (Fsp3) is 0.200. The summed E-state index contributed by atoms with van der Waals surface area (Å²) in [4.78, 5) is 8.23. The average Bonchev–Trinajstić information content (AvgIpc) is 2.76. The molecular formula is C10H10ClN3O2S. The van der Waals surface area contributed by atoms with Crippen LogP contribution in [-0.4, -0.2) is 29.2 Å². The zero-order valence-electron chi connectivity index (χ0n) is 9.04. The summed E-state index contributed by atoms with van der Waals surface area (Å²) in [5, 5.41) is 0. The molecule has 0 saturated heterocycles. The predicted molar refractivity (Wildman–Crippen MR) is 64.0 cm³/mol. The van der Waals surface area contributed by atoms with Gasteiger partial charge >= 0.3 is 0 Å². The van der Waals surface area contributed by atoms with Crippen molar-refractivity contribution in [3.8, 4) is 5.82 Å². The van der Waals surface area contributed by atoms with Crippen molar-refractivity contribution >= 4 is 21.4 Å². The number of sulfone groups is 1. The standard InChI is InChI=1S/C10H10ClN3O2S/c1-17(15,16)9-2-3-10(13-6-9)14-7-12-5-8(14)4-11/h2-3,5-7H,4H2,1H3. The Morgan fingerprint density at radius 2 is 2.12 bits per heavy atom. The normalized spacial score (nSPS) is 11.6. The quantitative estimate of drug-likeness (QED) is 0.792. The molecule has 0 saturated carbocycles. The van der Waals surface area contributed by atoms with Crippen LogP contribution in [0.15, 0.2) is 35.7 Å². The minimum Gasteiger partial charge on any atom is -0.286 e. The van der Waals surface area contributed by atoms with Crippen molar-refractivity contribution in [2.45, 2.75) is 10.8 Å². The van der Waals surface area contributed by atoms with E-state index in [1.54, 1.807) is 23.2 Å². The van der Waals surface area contributed by atoms with Crippen LogP contribution in [0.5, 0.6) is 0 Å². The van der Waals surface area contributed by atoms with E-state index in [1.165, 1.54) is 12.3 Å². The summed E-state index contributed by atoms with van der Waals surface area (Å²) in [5.74, 6) is 0.903. The molecule has 17 heavy (non-hydrogen) atoms. The molecule has 0 aromatic carbocycles. The summed E-state index contributed by atoms with van der Waals surface area (Å²) in [6.45, 7) is 0. The van der Waals surface area contributed by atoms with Gasteiger partial charge in [-0.05, 0) is 12.1 Å². The van der Waals surface area contributed by atoms with Gasteiger partial charge < -0.3 is 0 Å². The molecule has 0 fully saturated rings. The van der Waals surface area contributed by atoms with Gasteiger partial charge in [0.2, 0.25) is 0 Å². The Kier molecular flexibility index (Phi) is 3.17. The molecule has 7 heteroatoms. The number of imidazole rings is 1. The number of hydrogen-bond acceptors (Lipinski definition) is 4. The Bertz CT molecular complexity index is 619. The van der Waals surface area contributed by atoms with Crippen LogP contribution in [0, 0.1) is 0 Å². The summed E-state index contributed by atoms with van der Waals surface area (Å²) in [6.07, 6.45) is 5.69. The van der Waals surface area contributed by atoms with Gasteiger partial charge in [-0.3, -0.25) is 4.57 Å². The maximum atomic E-state index is 11.3. The summed E-state index contributed by atoms with van der Waals surface area (Å²) >= 11 is 5.74. The second-order valence-corrected chi connectivity index (χ2v) is 5.80. The van der Waals surface area contributed by atoms with Gasteiger partial charge in [-0.25, -0.2) is 18.4 Å². The number of nitrogens with zero attached hydrogens (tertiary/aromatic N) is 3. The van der Waals surface area contributed by atoms with Crippen LogP contribution in [0.1, 0.15) is 5.69 Å². The zero-order valence-corrected chi connectivity index (χ0v) is 10.6. The van der Waals surface area contributed by atoms with Crippen LogP contribution in [0.2, 0.25) is 0 Å². The van der Waals surface area contributed by atoms with Crippen molar-refractivity contribution in [3.05, 3.63) is 36.5 Å². The van der Waals surface area contributed by atoms with Crippen molar-refractivity contribution in [1.29, 1.82) is 0 Å². The summed E-state index contributed by atoms with van der Waals surface area (Å²) in [5.41, 5.74) is 0.797. The highest BCUT2D eigenvalue weighted by atomic mass is 35.5. The lowest BCUT2D eigenvalue weighted by Gasteiger charge is -2.05. The van der Waals surface area contributed by atoms with Crippen molar-refractivity contribution in [2.24, 2.45) is 0 Å². The first-order valence-electron chi connectivity index (χ1n) is 4.76. The fourth-order valence-electron chi connectivity index (χ4n) is 1.36. The maximum absolute atomic E-state index is 11.3. The van der Waals surface area contributed by atoms with Crippen LogP contribution in [0.4, 0.5) is 0 Å². The molecule has 2 aromatic rings. The molecule has 0 N–H and O–H groups in total. The minimum absolute atomic E-state index is 0.189. The monoisotopic (exact) mass is 271 g/mol. The fourth-order valence-corrected chi connectivity index (χ4v) is 2.12. The first-order chi connectivity index (χ1) is 8.02. The Labute approximate surface area is 104 Å². The van der Waals surface area contributed by atoms with Crippen LogP contribution >= 0.6 is 11.6 Å². The summed E-state index contributed by atoms with van der Waals surface area (Å²) < 4.78 is 24.3. The number of pyridine rings is 1. The molecule has 2 rings (SSSR count). The van der Waals surface area contributed by atoms with Crippen molar-refractivity contribution < 1.29 is 8.42 Å². The van der Waals surface area contributed by atoms with E-state index in [2.05, 4.69) is 9.97 Å². The van der Waals surface area contributed by atoms with Gasteiger partial charge in [-0.15, -0.1) is 11.6 Å². The Morgan fingerprint density at radius 1 is 1.35 bits per heavy atom. The lowest BCUT2D eigenvalue weighted by Crippen LogP contribution is -2.02. The maximum Gasteiger partial charge on any atom is 0.177 e. The summed E-state index contributed by atoms with van der Waals surface area (Å²) in [6, 6.07) is 3.13. The third-order valence-corrected chi connectivity index (χ3v) is 3.62. The Hall–Kier alpha value is -1.40. The van der Waals surface area contributed by atoms with E-state index in [9.17, 15) is 8.42 Å². The zero-order chi connectivity index (χ0) is 12.5. The van der Waals surface area contributed by atoms with Gasteiger partial charge in [0, 0.05) is 18.6 Å². The largest absolute Gasteiger partial charge is 0.286 e. The first kappa shape index (κ1) is 12.1. The van der Waals surface area contributed by atoms with Crippen LogP contribution in [0.3, 0.4) is 0 Å². The van der Waals surface area contributed by atoms with Crippen LogP contribution in [-0.2, 0) is 15.7 Å². The lowest BCUT2D eigenvalue weighted by atomic mass is 10.4. The molecular weight excluding hydrogens is 262 g/mol. The molecule has 2 heterocycles. The van der Waals surface area contributed by atoms with E-state index in [4.69, 9.17) is 11.6 Å². The second kappa shape index (κ2) is 4.46. The van der Waals surface area contributed by atoms with Gasteiger partial charge in [-0.1, -0.05) is 0 Å². The molecule has 5 nitrogen and oxygen atoms in total. The van der Waals surface area contributed by atoms with E-state index in [-0.39, 0.29) is 4.90 Å². The van der Waals surface area contributed by atoms with E-state index in [1.807, 2.05) is 0 Å². The molecule has 0 unspecified atom stereocenters. The first-order valence-corrected chi connectivity index (χ1v) is 7.18. The number of rotatable bonds is 3. The molecule has 0 aliphatic rings. The molecule has 0 aliphatic heterocycles. The van der Waals surface area contributed by atoms with Gasteiger partial charge in [0.25, 0.3) is 0 Å². The highest BCUT2D eigenvalue weighted by Gasteiger charge is 2.09. The third-order valence-electron chi connectivity index (χ3n) is 2.25. The Morgan fingerprint density at radius 3 is 2.65 bits per heavy atom.